The number of aliphatic hydroxyl groups is 1. The molecule has 8 heteroatoms. The van der Waals surface area contributed by atoms with Crippen molar-refractivity contribution in [3.05, 3.63) is 48.0 Å². The Hall–Kier alpha value is -2.97. The second kappa shape index (κ2) is 6.33. The molecule has 1 aliphatic carbocycles. The molecule has 8 nitrogen and oxygen atoms in total. The maximum Gasteiger partial charge on any atom is 0.274 e. The van der Waals surface area contributed by atoms with Crippen molar-refractivity contribution in [3.63, 3.8) is 0 Å². The highest BCUT2D eigenvalue weighted by Gasteiger charge is 2.41. The zero-order valence-corrected chi connectivity index (χ0v) is 15.1. The lowest BCUT2D eigenvalue weighted by atomic mass is 9.72. The number of hydrogen-bond donors (Lipinski definition) is 3. The van der Waals surface area contributed by atoms with E-state index in [9.17, 15) is 9.90 Å². The van der Waals surface area contributed by atoms with Gasteiger partial charge in [0.05, 0.1) is 12.7 Å². The number of fused-ring (bicyclic) bond motifs is 1. The van der Waals surface area contributed by atoms with Crippen LogP contribution in [0, 0.1) is 0 Å². The number of rotatable bonds is 4. The Labute approximate surface area is 156 Å². The monoisotopic (exact) mass is 367 g/mol. The van der Waals surface area contributed by atoms with E-state index in [1.54, 1.807) is 18.3 Å². The molecule has 2 heterocycles. The van der Waals surface area contributed by atoms with Gasteiger partial charge in [0.25, 0.3) is 5.91 Å². The summed E-state index contributed by atoms with van der Waals surface area (Å²) in [6.45, 7) is 1.83. The van der Waals surface area contributed by atoms with Gasteiger partial charge in [0.15, 0.2) is 0 Å². The van der Waals surface area contributed by atoms with Crippen LogP contribution in [0.4, 0.5) is 5.82 Å². The molecule has 27 heavy (non-hydrogen) atoms. The molecule has 1 aliphatic rings. The van der Waals surface area contributed by atoms with Crippen molar-refractivity contribution >= 4 is 17.2 Å². The number of imidazole rings is 1. The topological polar surface area (TPSA) is 115 Å². The average molecular weight is 367 g/mol. The lowest BCUT2D eigenvalue weighted by Crippen LogP contribution is -2.40. The van der Waals surface area contributed by atoms with Crippen LogP contribution in [0.25, 0.3) is 16.8 Å². The number of anilines is 1. The summed E-state index contributed by atoms with van der Waals surface area (Å²) in [5.41, 5.74) is 10.5. The molecule has 1 fully saturated rings. The van der Waals surface area contributed by atoms with Crippen LogP contribution in [0.2, 0.25) is 0 Å². The molecule has 0 aliphatic heterocycles. The van der Waals surface area contributed by atoms with E-state index in [0.29, 0.717) is 29.9 Å². The van der Waals surface area contributed by atoms with Gasteiger partial charge in [-0.15, -0.1) is 0 Å². The zero-order chi connectivity index (χ0) is 19.2. The van der Waals surface area contributed by atoms with E-state index in [1.807, 2.05) is 29.7 Å². The lowest BCUT2D eigenvalue weighted by molar-refractivity contribution is -0.0335. The van der Waals surface area contributed by atoms with E-state index in [0.717, 1.165) is 16.9 Å². The van der Waals surface area contributed by atoms with E-state index < -0.39 is 5.60 Å². The number of nitrogen functional groups attached to an aromatic ring is 1. The number of carbonyl (C=O) groups is 1. The predicted molar refractivity (Wildman–Crippen MR) is 99.9 cm³/mol. The highest BCUT2D eigenvalue weighted by Crippen LogP contribution is 2.45. The largest absolute Gasteiger partial charge is 0.390 e. The molecule has 4 rings (SSSR count). The van der Waals surface area contributed by atoms with Gasteiger partial charge in [0.2, 0.25) is 0 Å². The van der Waals surface area contributed by atoms with Crippen LogP contribution in [0.1, 0.15) is 41.9 Å². The quantitative estimate of drug-likeness (QED) is 0.607. The van der Waals surface area contributed by atoms with Gasteiger partial charge in [-0.05, 0) is 31.9 Å². The molecule has 0 unspecified atom stereocenters. The Bertz CT molecular complexity index is 1000. The number of nitrogens with zero attached hydrogens (tertiary/aromatic N) is 3. The van der Waals surface area contributed by atoms with Gasteiger partial charge in [0, 0.05) is 29.4 Å². The first kappa shape index (κ1) is 17.4. The summed E-state index contributed by atoms with van der Waals surface area (Å²) in [7, 11) is 1.39. The molecular formula is C19H21N5O3. The molecule has 2 aromatic heterocycles. The fourth-order valence-electron chi connectivity index (χ4n) is 3.69. The minimum Gasteiger partial charge on any atom is -0.390 e. The first-order valence-corrected chi connectivity index (χ1v) is 8.68. The molecule has 3 aromatic rings. The SMILES string of the molecule is CONC(=O)c1ccc(-c2nc(C3CC(C)(O)C3)n3ccnc(N)c23)cc1. The van der Waals surface area contributed by atoms with Crippen LogP contribution in [0.5, 0.6) is 0 Å². The molecular weight excluding hydrogens is 346 g/mol. The van der Waals surface area contributed by atoms with Crippen molar-refractivity contribution in [2.75, 3.05) is 12.8 Å². The Morgan fingerprint density at radius 2 is 2.07 bits per heavy atom. The third-order valence-electron chi connectivity index (χ3n) is 4.96. The number of hydroxylamine groups is 1. The minimum absolute atomic E-state index is 0.162. The first-order valence-electron chi connectivity index (χ1n) is 8.68. The van der Waals surface area contributed by atoms with Gasteiger partial charge in [-0.3, -0.25) is 14.0 Å². The molecule has 0 atom stereocenters. The van der Waals surface area contributed by atoms with Gasteiger partial charge in [-0.25, -0.2) is 15.4 Å². The Balaban J connectivity index is 1.77. The highest BCUT2D eigenvalue weighted by molar-refractivity contribution is 5.94. The number of nitrogens with two attached hydrogens (primary N) is 1. The summed E-state index contributed by atoms with van der Waals surface area (Å²) in [5.74, 6) is 1.09. The third kappa shape index (κ3) is 3.02. The van der Waals surface area contributed by atoms with E-state index in [-0.39, 0.29) is 11.8 Å². The second-order valence-electron chi connectivity index (χ2n) is 7.16. The van der Waals surface area contributed by atoms with Crippen molar-refractivity contribution in [2.24, 2.45) is 0 Å². The summed E-state index contributed by atoms with van der Waals surface area (Å²) in [4.78, 5) is 25.5. The molecule has 0 saturated heterocycles. The fourth-order valence-corrected chi connectivity index (χ4v) is 3.69. The van der Waals surface area contributed by atoms with Crippen molar-refractivity contribution in [1.82, 2.24) is 19.8 Å². The van der Waals surface area contributed by atoms with Gasteiger partial charge >= 0.3 is 0 Å². The van der Waals surface area contributed by atoms with E-state index in [1.165, 1.54) is 7.11 Å². The van der Waals surface area contributed by atoms with Crippen LogP contribution in [-0.4, -0.2) is 38.1 Å². The molecule has 0 bridgehead atoms. The van der Waals surface area contributed by atoms with E-state index in [2.05, 4.69) is 15.3 Å². The zero-order valence-electron chi connectivity index (χ0n) is 15.1. The highest BCUT2D eigenvalue weighted by atomic mass is 16.6. The van der Waals surface area contributed by atoms with Crippen molar-refractivity contribution in [3.8, 4) is 11.3 Å². The third-order valence-corrected chi connectivity index (χ3v) is 4.96. The van der Waals surface area contributed by atoms with Crippen LogP contribution >= 0.6 is 0 Å². The van der Waals surface area contributed by atoms with Crippen LogP contribution in [-0.2, 0) is 4.84 Å². The number of hydrogen-bond acceptors (Lipinski definition) is 6. The van der Waals surface area contributed by atoms with E-state index >= 15 is 0 Å². The summed E-state index contributed by atoms with van der Waals surface area (Å²) < 4.78 is 1.95. The van der Waals surface area contributed by atoms with Gasteiger partial charge in [-0.1, -0.05) is 12.1 Å². The number of benzene rings is 1. The average Bonchev–Trinajstić information content (AvgIpc) is 3.01. The number of nitrogens with one attached hydrogen (secondary N) is 1. The smallest absolute Gasteiger partial charge is 0.274 e. The molecule has 0 radical (unpaired) electrons. The van der Waals surface area contributed by atoms with Crippen molar-refractivity contribution in [1.29, 1.82) is 0 Å². The van der Waals surface area contributed by atoms with Crippen LogP contribution < -0.4 is 11.2 Å². The second-order valence-corrected chi connectivity index (χ2v) is 7.16. The van der Waals surface area contributed by atoms with Gasteiger partial charge in [0.1, 0.15) is 22.9 Å². The van der Waals surface area contributed by atoms with Crippen LogP contribution in [0.3, 0.4) is 0 Å². The Kier molecular flexibility index (Phi) is 4.09. The van der Waals surface area contributed by atoms with E-state index in [4.69, 9.17) is 10.7 Å². The van der Waals surface area contributed by atoms with Crippen molar-refractivity contribution < 1.29 is 14.7 Å². The fraction of sp³-hybridized carbons (Fsp3) is 0.316. The molecule has 1 amide bonds. The molecule has 140 valence electrons. The Morgan fingerprint density at radius 1 is 1.37 bits per heavy atom. The van der Waals surface area contributed by atoms with Crippen molar-refractivity contribution in [2.45, 2.75) is 31.3 Å². The maximum absolute atomic E-state index is 11.9. The minimum atomic E-state index is -0.647. The first-order chi connectivity index (χ1) is 12.9. The number of aromatic nitrogens is 3. The maximum atomic E-state index is 11.9. The number of carbonyl (C=O) groups excluding carboxylic acids is 1. The molecule has 1 aromatic carbocycles. The standard InChI is InChI=1S/C19H21N5O3/c1-19(26)9-13(10-19)17-22-14(15-16(20)21-7-8-24(15)17)11-3-5-12(6-4-11)18(25)23-27-2/h3-8,13,26H,9-10H2,1-2H3,(H2,20,21)(H,23,25). The molecule has 0 spiro atoms. The van der Waals surface area contributed by atoms with Gasteiger partial charge in [-0.2, -0.15) is 0 Å². The Morgan fingerprint density at radius 3 is 2.70 bits per heavy atom. The summed E-state index contributed by atoms with van der Waals surface area (Å²) in [5, 5.41) is 10.1. The summed E-state index contributed by atoms with van der Waals surface area (Å²) in [6.07, 6.45) is 4.80. The number of amides is 1. The van der Waals surface area contributed by atoms with Gasteiger partial charge < -0.3 is 10.8 Å². The van der Waals surface area contributed by atoms with Crippen LogP contribution in [0.15, 0.2) is 36.7 Å². The molecule has 1 saturated carbocycles. The summed E-state index contributed by atoms with van der Waals surface area (Å²) in [6, 6.07) is 7.05. The predicted octanol–water partition coefficient (Wildman–Crippen LogP) is 1.90. The molecule has 4 N–H and O–H groups in total. The lowest BCUT2D eigenvalue weighted by Gasteiger charge is -2.40. The normalized spacial score (nSPS) is 21.8. The summed E-state index contributed by atoms with van der Waals surface area (Å²) >= 11 is 0.